The van der Waals surface area contributed by atoms with E-state index in [1.54, 1.807) is 29.2 Å². The molecule has 1 fully saturated rings. The number of amidine groups is 1. The van der Waals surface area contributed by atoms with Gasteiger partial charge in [0.05, 0.1) is 18.2 Å². The lowest BCUT2D eigenvalue weighted by Crippen LogP contribution is -2.56. The molecule has 2 aliphatic heterocycles. The number of hydrogen-bond donors (Lipinski definition) is 1. The number of amides is 2. The summed E-state index contributed by atoms with van der Waals surface area (Å²) < 4.78 is 65.2. The number of anilines is 1. The predicted molar refractivity (Wildman–Crippen MR) is 134 cm³/mol. The van der Waals surface area contributed by atoms with Gasteiger partial charge in [-0.15, -0.1) is 0 Å². The van der Waals surface area contributed by atoms with Crippen LogP contribution in [0.4, 0.5) is 33.7 Å². The fourth-order valence-corrected chi connectivity index (χ4v) is 4.51. The lowest BCUT2D eigenvalue weighted by atomic mass is 10.1. The SMILES string of the molecule is COc1ccc2c(c1)C(N1CCN(C(=O)Nc3cccc(F)c3)[C@H](C)C1)=Nc1cc(C(F)(F)F)ccc1O2. The Bertz CT molecular complexity index is 1410. The van der Waals surface area contributed by atoms with Gasteiger partial charge < -0.3 is 24.6 Å². The Morgan fingerprint density at radius 1 is 1.08 bits per heavy atom. The number of carbonyl (C=O) groups is 1. The summed E-state index contributed by atoms with van der Waals surface area (Å²) in [7, 11) is 1.51. The zero-order chi connectivity index (χ0) is 27.0. The van der Waals surface area contributed by atoms with Crippen molar-refractivity contribution in [3.63, 3.8) is 0 Å². The second kappa shape index (κ2) is 9.88. The Kier molecular flexibility index (Phi) is 6.60. The summed E-state index contributed by atoms with van der Waals surface area (Å²) in [5.74, 6) is 1.09. The molecule has 2 amide bonds. The summed E-state index contributed by atoms with van der Waals surface area (Å²) in [6, 6.07) is 13.2. The fraction of sp³-hybridized carbons (Fsp3) is 0.259. The number of benzene rings is 3. The summed E-state index contributed by atoms with van der Waals surface area (Å²) in [4.78, 5) is 21.1. The van der Waals surface area contributed by atoms with Gasteiger partial charge in [-0.05, 0) is 61.5 Å². The molecule has 0 unspecified atom stereocenters. The molecule has 0 saturated carbocycles. The fourth-order valence-electron chi connectivity index (χ4n) is 4.51. The van der Waals surface area contributed by atoms with Crippen LogP contribution in [0.5, 0.6) is 17.2 Å². The van der Waals surface area contributed by atoms with E-state index in [9.17, 15) is 22.4 Å². The third-order valence-electron chi connectivity index (χ3n) is 6.42. The number of aliphatic imine (C=N–C) groups is 1. The van der Waals surface area contributed by atoms with Gasteiger partial charge in [-0.2, -0.15) is 13.2 Å². The Hall–Kier alpha value is -4.28. The van der Waals surface area contributed by atoms with Crippen molar-refractivity contribution in [2.75, 3.05) is 32.1 Å². The minimum atomic E-state index is -4.54. The van der Waals surface area contributed by atoms with Crippen LogP contribution in [0.15, 0.2) is 65.7 Å². The largest absolute Gasteiger partial charge is 0.497 e. The highest BCUT2D eigenvalue weighted by molar-refractivity contribution is 6.04. The van der Waals surface area contributed by atoms with Crippen LogP contribution in [-0.4, -0.2) is 54.5 Å². The van der Waals surface area contributed by atoms with Crippen molar-refractivity contribution in [2.45, 2.75) is 19.1 Å². The maximum atomic E-state index is 13.5. The summed E-state index contributed by atoms with van der Waals surface area (Å²) in [6.07, 6.45) is -4.54. The number of alkyl halides is 3. The Labute approximate surface area is 216 Å². The molecule has 0 bridgehead atoms. The topological polar surface area (TPSA) is 66.4 Å². The molecule has 0 aromatic heterocycles. The van der Waals surface area contributed by atoms with Gasteiger partial charge in [-0.1, -0.05) is 6.07 Å². The van der Waals surface area contributed by atoms with Gasteiger partial charge in [-0.25, -0.2) is 14.2 Å². The summed E-state index contributed by atoms with van der Waals surface area (Å²) in [6.45, 7) is 2.86. The Balaban J connectivity index is 1.46. The van der Waals surface area contributed by atoms with E-state index in [-0.39, 0.29) is 23.5 Å². The third kappa shape index (κ3) is 5.09. The van der Waals surface area contributed by atoms with Crippen LogP contribution in [0.25, 0.3) is 0 Å². The molecular weight excluding hydrogens is 504 g/mol. The molecular formula is C27H24F4N4O3. The van der Waals surface area contributed by atoms with Crippen molar-refractivity contribution >= 4 is 23.2 Å². The molecule has 2 aliphatic rings. The third-order valence-corrected chi connectivity index (χ3v) is 6.42. The molecule has 11 heteroatoms. The average Bonchev–Trinajstić information content (AvgIpc) is 3.03. The van der Waals surface area contributed by atoms with Gasteiger partial charge in [0.15, 0.2) is 5.75 Å². The number of carbonyl (C=O) groups excluding carboxylic acids is 1. The first-order valence-electron chi connectivity index (χ1n) is 11.9. The number of piperazine rings is 1. The molecule has 7 nitrogen and oxygen atoms in total. The highest BCUT2D eigenvalue weighted by atomic mass is 19.4. The second-order valence-corrected chi connectivity index (χ2v) is 9.01. The number of hydrogen-bond acceptors (Lipinski definition) is 5. The number of nitrogens with one attached hydrogen (secondary N) is 1. The van der Waals surface area contributed by atoms with Crippen LogP contribution in [0.2, 0.25) is 0 Å². The van der Waals surface area contributed by atoms with E-state index < -0.39 is 17.6 Å². The van der Waals surface area contributed by atoms with Crippen LogP contribution in [0, 0.1) is 5.82 Å². The monoisotopic (exact) mass is 528 g/mol. The lowest BCUT2D eigenvalue weighted by molar-refractivity contribution is -0.137. The van der Waals surface area contributed by atoms with Gasteiger partial charge in [0.2, 0.25) is 0 Å². The number of ether oxygens (including phenoxy) is 2. The highest BCUT2D eigenvalue weighted by Crippen LogP contribution is 2.42. The first-order chi connectivity index (χ1) is 18.1. The first-order valence-corrected chi connectivity index (χ1v) is 11.9. The highest BCUT2D eigenvalue weighted by Gasteiger charge is 2.34. The molecule has 1 N–H and O–H groups in total. The molecule has 5 rings (SSSR count). The van der Waals surface area contributed by atoms with Crippen LogP contribution < -0.4 is 14.8 Å². The van der Waals surface area contributed by atoms with Crippen molar-refractivity contribution in [3.05, 3.63) is 77.6 Å². The quantitative estimate of drug-likeness (QED) is 0.398. The minimum Gasteiger partial charge on any atom is -0.497 e. The van der Waals surface area contributed by atoms with E-state index in [0.717, 1.165) is 12.1 Å². The maximum Gasteiger partial charge on any atom is 0.416 e. The predicted octanol–water partition coefficient (Wildman–Crippen LogP) is 6.28. The van der Waals surface area contributed by atoms with Crippen molar-refractivity contribution in [3.8, 4) is 17.2 Å². The number of methoxy groups -OCH3 is 1. The normalized spacial score (nSPS) is 17.0. The standard InChI is InChI=1S/C27H24F4N4O3/c1-16-15-34(10-11-35(16)26(36)32-19-5-3-4-18(28)13-19)25-21-14-20(37-2)7-9-23(21)38-24-8-6-17(27(29,30)31)12-22(24)33-25/h3-9,12-14,16H,10-11,15H2,1-2H3,(H,32,36)/t16-/m1/s1. The number of halogens is 4. The average molecular weight is 529 g/mol. The van der Waals surface area contributed by atoms with Crippen LogP contribution in [-0.2, 0) is 6.18 Å². The number of rotatable bonds is 2. The van der Waals surface area contributed by atoms with E-state index in [4.69, 9.17) is 9.47 Å². The van der Waals surface area contributed by atoms with E-state index in [0.29, 0.717) is 48.2 Å². The molecule has 3 aromatic rings. The lowest BCUT2D eigenvalue weighted by Gasteiger charge is -2.41. The van der Waals surface area contributed by atoms with Crippen molar-refractivity contribution in [1.29, 1.82) is 0 Å². The van der Waals surface area contributed by atoms with E-state index in [1.807, 2.05) is 11.8 Å². The van der Waals surface area contributed by atoms with Crippen molar-refractivity contribution in [2.24, 2.45) is 4.99 Å². The Morgan fingerprint density at radius 2 is 1.87 bits per heavy atom. The van der Waals surface area contributed by atoms with Gasteiger partial charge in [-0.3, -0.25) is 0 Å². The molecule has 198 valence electrons. The molecule has 3 aromatic carbocycles. The van der Waals surface area contributed by atoms with E-state index in [1.165, 1.54) is 31.4 Å². The summed E-state index contributed by atoms with van der Waals surface area (Å²) >= 11 is 0. The van der Waals surface area contributed by atoms with Gasteiger partial charge in [0.1, 0.15) is 28.8 Å². The van der Waals surface area contributed by atoms with Crippen LogP contribution >= 0.6 is 0 Å². The maximum absolute atomic E-state index is 13.5. The van der Waals surface area contributed by atoms with Crippen LogP contribution in [0.3, 0.4) is 0 Å². The molecule has 0 aliphatic carbocycles. The Morgan fingerprint density at radius 3 is 2.58 bits per heavy atom. The van der Waals surface area contributed by atoms with Gasteiger partial charge in [0.25, 0.3) is 0 Å². The summed E-state index contributed by atoms with van der Waals surface area (Å²) in [5, 5.41) is 2.71. The van der Waals surface area contributed by atoms with Crippen LogP contribution in [0.1, 0.15) is 18.1 Å². The van der Waals surface area contributed by atoms with Gasteiger partial charge in [0, 0.05) is 31.4 Å². The van der Waals surface area contributed by atoms with Crippen molar-refractivity contribution in [1.82, 2.24) is 9.80 Å². The number of urea groups is 1. The van der Waals surface area contributed by atoms with Crippen molar-refractivity contribution < 1.29 is 31.8 Å². The number of fused-ring (bicyclic) bond motifs is 2. The molecule has 1 saturated heterocycles. The smallest absolute Gasteiger partial charge is 0.416 e. The molecule has 1 atom stereocenters. The van der Waals surface area contributed by atoms with E-state index >= 15 is 0 Å². The molecule has 38 heavy (non-hydrogen) atoms. The van der Waals surface area contributed by atoms with E-state index in [2.05, 4.69) is 10.3 Å². The second-order valence-electron chi connectivity index (χ2n) is 9.01. The molecule has 0 radical (unpaired) electrons. The minimum absolute atomic E-state index is 0.0453. The summed E-state index contributed by atoms with van der Waals surface area (Å²) in [5.41, 5.74) is 0.106. The number of nitrogens with zero attached hydrogens (tertiary/aromatic N) is 3. The molecule has 2 heterocycles. The van der Waals surface area contributed by atoms with Gasteiger partial charge >= 0.3 is 12.2 Å². The molecule has 0 spiro atoms. The first kappa shape index (κ1) is 25.4. The zero-order valence-corrected chi connectivity index (χ0v) is 20.6. The zero-order valence-electron chi connectivity index (χ0n) is 20.6.